The van der Waals surface area contributed by atoms with E-state index in [2.05, 4.69) is 25.2 Å². The molecule has 0 N–H and O–H groups in total. The van der Waals surface area contributed by atoms with E-state index in [1.54, 1.807) is 33.0 Å². The van der Waals surface area contributed by atoms with Crippen LogP contribution in [-0.4, -0.2) is 63.4 Å². The molecule has 3 rings (SSSR count). The molecule has 0 atom stereocenters. The highest BCUT2D eigenvalue weighted by atomic mass is 32.2. The Hall–Kier alpha value is -4.05. The van der Waals surface area contributed by atoms with E-state index in [9.17, 15) is 13.2 Å². The SMILES string of the molecule is [C-]#[N+]CN(C(=O)OC(C)(C)C)S(=O)(=O)c1ccc(-c2nnn(Cc3ccc(OC)nc3)n2)cc1. The number of carbonyl (C=O) groups excluding carboxylic acids is 1. The Labute approximate surface area is 197 Å². The molecule has 0 unspecified atom stereocenters. The van der Waals surface area contributed by atoms with E-state index >= 15 is 0 Å². The van der Waals surface area contributed by atoms with E-state index in [-0.39, 0.29) is 10.7 Å². The number of sulfonamides is 1. The van der Waals surface area contributed by atoms with Crippen LogP contribution in [0.4, 0.5) is 4.79 Å². The van der Waals surface area contributed by atoms with Crippen molar-refractivity contribution < 1.29 is 22.7 Å². The highest BCUT2D eigenvalue weighted by molar-refractivity contribution is 7.89. The van der Waals surface area contributed by atoms with Crippen molar-refractivity contribution in [2.45, 2.75) is 37.8 Å². The average molecular weight is 486 g/mol. The molecule has 1 amide bonds. The minimum Gasteiger partial charge on any atom is -0.481 e. The van der Waals surface area contributed by atoms with Gasteiger partial charge in [-0.25, -0.2) is 24.8 Å². The molecule has 2 heterocycles. The molecule has 1 aromatic carbocycles. The molecule has 2 aromatic heterocycles. The van der Waals surface area contributed by atoms with Crippen molar-refractivity contribution in [3.05, 3.63) is 59.6 Å². The molecule has 13 heteroatoms. The summed E-state index contributed by atoms with van der Waals surface area (Å²) >= 11 is 0. The summed E-state index contributed by atoms with van der Waals surface area (Å²) in [6.45, 7) is 11.5. The van der Waals surface area contributed by atoms with Crippen molar-refractivity contribution in [3.63, 3.8) is 0 Å². The normalized spacial score (nSPS) is 11.5. The highest BCUT2D eigenvalue weighted by Crippen LogP contribution is 2.22. The monoisotopic (exact) mass is 485 g/mol. The Morgan fingerprint density at radius 2 is 1.88 bits per heavy atom. The Bertz CT molecular complexity index is 1290. The van der Waals surface area contributed by atoms with Gasteiger partial charge in [-0.15, -0.1) is 14.5 Å². The lowest BCUT2D eigenvalue weighted by atomic mass is 10.2. The van der Waals surface area contributed by atoms with Gasteiger partial charge < -0.3 is 9.47 Å². The molecular weight excluding hydrogens is 462 g/mol. The molecular formula is C21H23N7O5S. The minimum atomic E-state index is -4.31. The molecule has 0 aliphatic heterocycles. The smallest absolute Gasteiger partial charge is 0.430 e. The molecule has 0 spiro atoms. The van der Waals surface area contributed by atoms with E-state index in [0.29, 0.717) is 22.3 Å². The zero-order chi connectivity index (χ0) is 24.9. The van der Waals surface area contributed by atoms with Gasteiger partial charge in [0.1, 0.15) is 5.60 Å². The topological polar surface area (TPSA) is 134 Å². The van der Waals surface area contributed by atoms with Gasteiger partial charge in [-0.3, -0.25) is 4.85 Å². The zero-order valence-corrected chi connectivity index (χ0v) is 19.9. The van der Waals surface area contributed by atoms with Crippen LogP contribution in [0, 0.1) is 6.57 Å². The van der Waals surface area contributed by atoms with E-state index in [1.165, 1.54) is 36.2 Å². The zero-order valence-electron chi connectivity index (χ0n) is 19.0. The van der Waals surface area contributed by atoms with Crippen molar-refractivity contribution in [2.24, 2.45) is 0 Å². The third kappa shape index (κ3) is 5.84. The molecule has 0 bridgehead atoms. The summed E-state index contributed by atoms with van der Waals surface area (Å²) in [7, 11) is -2.78. The third-order valence-corrected chi connectivity index (χ3v) is 5.99. The van der Waals surface area contributed by atoms with Gasteiger partial charge in [0.2, 0.25) is 11.7 Å². The summed E-state index contributed by atoms with van der Waals surface area (Å²) in [5, 5.41) is 12.3. The first kappa shape index (κ1) is 24.6. The largest absolute Gasteiger partial charge is 0.481 e. The molecule has 0 radical (unpaired) electrons. The lowest BCUT2D eigenvalue weighted by Gasteiger charge is -2.24. The van der Waals surface area contributed by atoms with Crippen LogP contribution in [0.5, 0.6) is 5.88 Å². The van der Waals surface area contributed by atoms with Crippen LogP contribution in [0.15, 0.2) is 47.5 Å². The summed E-state index contributed by atoms with van der Waals surface area (Å²) < 4.78 is 36.5. The maximum absolute atomic E-state index is 13.0. The summed E-state index contributed by atoms with van der Waals surface area (Å²) in [5.74, 6) is 0.781. The maximum Gasteiger partial charge on any atom is 0.430 e. The number of hydrogen-bond acceptors (Lipinski definition) is 9. The number of nitrogens with zero attached hydrogens (tertiary/aromatic N) is 7. The van der Waals surface area contributed by atoms with Crippen molar-refractivity contribution in [3.8, 4) is 17.3 Å². The van der Waals surface area contributed by atoms with Crippen molar-refractivity contribution >= 4 is 16.1 Å². The fraction of sp³-hybridized carbons (Fsp3) is 0.333. The Morgan fingerprint density at radius 3 is 2.44 bits per heavy atom. The van der Waals surface area contributed by atoms with Gasteiger partial charge >= 0.3 is 12.8 Å². The van der Waals surface area contributed by atoms with Gasteiger partial charge in [0.25, 0.3) is 10.0 Å². The van der Waals surface area contributed by atoms with Crippen molar-refractivity contribution in [2.75, 3.05) is 13.8 Å². The number of aromatic nitrogens is 5. The summed E-state index contributed by atoms with van der Waals surface area (Å²) in [4.78, 5) is 20.8. The number of ether oxygens (including phenoxy) is 2. The molecule has 12 nitrogen and oxygen atoms in total. The first-order chi connectivity index (χ1) is 16.0. The lowest BCUT2D eigenvalue weighted by molar-refractivity contribution is 0.0403. The molecule has 3 aromatic rings. The van der Waals surface area contributed by atoms with Gasteiger partial charge in [0, 0.05) is 17.8 Å². The fourth-order valence-electron chi connectivity index (χ4n) is 2.73. The lowest BCUT2D eigenvalue weighted by Crippen LogP contribution is -2.40. The van der Waals surface area contributed by atoms with Crippen LogP contribution in [0.1, 0.15) is 26.3 Å². The van der Waals surface area contributed by atoms with Gasteiger partial charge in [-0.1, -0.05) is 6.07 Å². The number of tetrazole rings is 1. The number of carbonyl (C=O) groups is 1. The predicted molar refractivity (Wildman–Crippen MR) is 120 cm³/mol. The first-order valence-electron chi connectivity index (χ1n) is 9.99. The minimum absolute atomic E-state index is 0.178. The molecule has 0 aliphatic carbocycles. The summed E-state index contributed by atoms with van der Waals surface area (Å²) in [6, 6.07) is 9.15. The second-order valence-electron chi connectivity index (χ2n) is 8.01. The van der Waals surface area contributed by atoms with E-state index in [0.717, 1.165) is 5.56 Å². The van der Waals surface area contributed by atoms with Gasteiger partial charge in [0.05, 0.1) is 18.6 Å². The number of pyridine rings is 1. The summed E-state index contributed by atoms with van der Waals surface area (Å²) in [6.07, 6.45) is 0.520. The van der Waals surface area contributed by atoms with Crippen LogP contribution in [0.3, 0.4) is 0 Å². The average Bonchev–Trinajstić information content (AvgIpc) is 3.25. The number of hydrogen-bond donors (Lipinski definition) is 0. The van der Waals surface area contributed by atoms with E-state index in [4.69, 9.17) is 16.0 Å². The highest BCUT2D eigenvalue weighted by Gasteiger charge is 2.35. The van der Waals surface area contributed by atoms with Gasteiger partial charge in [-0.2, -0.15) is 4.80 Å². The van der Waals surface area contributed by atoms with Crippen LogP contribution in [0.25, 0.3) is 16.2 Å². The predicted octanol–water partition coefficient (Wildman–Crippen LogP) is 2.59. The number of methoxy groups -OCH3 is 1. The van der Waals surface area contributed by atoms with Crippen molar-refractivity contribution in [1.82, 2.24) is 29.5 Å². The molecule has 178 valence electrons. The Balaban J connectivity index is 1.78. The first-order valence-corrected chi connectivity index (χ1v) is 11.4. The third-order valence-electron chi connectivity index (χ3n) is 4.28. The fourth-order valence-corrected chi connectivity index (χ4v) is 3.90. The molecule has 0 aliphatic rings. The van der Waals surface area contributed by atoms with Crippen molar-refractivity contribution in [1.29, 1.82) is 0 Å². The van der Waals surface area contributed by atoms with E-state index < -0.39 is 28.4 Å². The number of rotatable bonds is 7. The van der Waals surface area contributed by atoms with Crippen LogP contribution in [-0.2, 0) is 21.3 Å². The maximum atomic E-state index is 13.0. The van der Waals surface area contributed by atoms with Crippen LogP contribution < -0.4 is 4.74 Å². The van der Waals surface area contributed by atoms with Crippen LogP contribution in [0.2, 0.25) is 0 Å². The van der Waals surface area contributed by atoms with Gasteiger partial charge in [0.15, 0.2) is 0 Å². The molecule has 34 heavy (non-hydrogen) atoms. The molecule has 0 fully saturated rings. The van der Waals surface area contributed by atoms with Crippen LogP contribution >= 0.6 is 0 Å². The van der Waals surface area contributed by atoms with E-state index in [1.807, 2.05) is 6.07 Å². The number of benzene rings is 1. The summed E-state index contributed by atoms with van der Waals surface area (Å²) in [5.41, 5.74) is 0.441. The number of amides is 1. The Kier molecular flexibility index (Phi) is 7.11. The quantitative estimate of drug-likeness (QED) is 0.463. The second-order valence-corrected chi connectivity index (χ2v) is 9.87. The Morgan fingerprint density at radius 1 is 1.18 bits per heavy atom. The van der Waals surface area contributed by atoms with Gasteiger partial charge in [-0.05, 0) is 55.8 Å². The molecule has 0 saturated carbocycles. The standard InChI is InChI=1S/C21H23N7O5S/c1-21(2,3)33-20(29)27(14-22-4)34(30,31)17-9-7-16(8-10-17)19-24-26-28(25-19)13-15-6-11-18(32-5)23-12-15/h6-12H,13-14H2,1-3,5H3. The molecule has 0 saturated heterocycles. The second kappa shape index (κ2) is 9.84.